The van der Waals surface area contributed by atoms with Gasteiger partial charge in [0, 0.05) is 17.8 Å². The lowest BCUT2D eigenvalue weighted by Gasteiger charge is -2.11. The van der Waals surface area contributed by atoms with Crippen LogP contribution in [0, 0.1) is 0 Å². The zero-order valence-corrected chi connectivity index (χ0v) is 13.0. The summed E-state index contributed by atoms with van der Waals surface area (Å²) in [5, 5.41) is 11.7. The molecular formula is C15H16ClN7. The molecule has 1 aromatic carbocycles. The highest BCUT2D eigenvalue weighted by atomic mass is 35.5. The van der Waals surface area contributed by atoms with Crippen LogP contribution in [0.1, 0.15) is 12.8 Å². The smallest absolute Gasteiger partial charge is 0.179 e. The Balaban J connectivity index is 1.73. The first-order valence-corrected chi connectivity index (χ1v) is 7.71. The van der Waals surface area contributed by atoms with E-state index in [1.807, 2.05) is 12.1 Å². The molecule has 8 heteroatoms. The highest BCUT2D eigenvalue weighted by Crippen LogP contribution is 2.30. The highest BCUT2D eigenvalue weighted by molar-refractivity contribution is 6.33. The van der Waals surface area contributed by atoms with Crippen molar-refractivity contribution in [1.29, 1.82) is 0 Å². The summed E-state index contributed by atoms with van der Waals surface area (Å²) in [5.41, 5.74) is 14.7. The average molecular weight is 330 g/mol. The lowest BCUT2D eigenvalue weighted by atomic mass is 10.3. The van der Waals surface area contributed by atoms with Gasteiger partial charge in [-0.1, -0.05) is 11.6 Å². The number of rotatable bonds is 4. The van der Waals surface area contributed by atoms with Crippen LogP contribution >= 0.6 is 11.6 Å². The first-order valence-electron chi connectivity index (χ1n) is 7.33. The van der Waals surface area contributed by atoms with Crippen LogP contribution in [-0.4, -0.2) is 20.6 Å². The van der Waals surface area contributed by atoms with Crippen molar-refractivity contribution in [3.8, 4) is 0 Å². The summed E-state index contributed by atoms with van der Waals surface area (Å²) >= 11 is 5.95. The molecule has 2 aromatic heterocycles. The van der Waals surface area contributed by atoms with E-state index in [-0.39, 0.29) is 0 Å². The van der Waals surface area contributed by atoms with Crippen molar-refractivity contribution >= 4 is 45.9 Å². The lowest BCUT2D eigenvalue weighted by molar-refractivity contribution is 0.949. The maximum Gasteiger partial charge on any atom is 0.179 e. The van der Waals surface area contributed by atoms with Gasteiger partial charge in [0.05, 0.1) is 22.6 Å². The molecule has 0 saturated heterocycles. The van der Waals surface area contributed by atoms with E-state index in [1.165, 1.54) is 12.8 Å². The van der Waals surface area contributed by atoms with Gasteiger partial charge in [-0.3, -0.25) is 0 Å². The van der Waals surface area contributed by atoms with Crippen molar-refractivity contribution in [3.05, 3.63) is 35.5 Å². The first kappa shape index (κ1) is 14.0. The fourth-order valence-corrected chi connectivity index (χ4v) is 2.49. The maximum absolute atomic E-state index is 5.95. The molecule has 1 aliphatic rings. The Morgan fingerprint density at radius 3 is 2.78 bits per heavy atom. The molecule has 1 fully saturated rings. The second-order valence-corrected chi connectivity index (χ2v) is 6.05. The van der Waals surface area contributed by atoms with Crippen LogP contribution in [0.4, 0.5) is 28.7 Å². The van der Waals surface area contributed by atoms with Crippen molar-refractivity contribution in [2.75, 3.05) is 22.1 Å². The summed E-state index contributed by atoms with van der Waals surface area (Å²) in [7, 11) is 0. The van der Waals surface area contributed by atoms with Gasteiger partial charge in [0.25, 0.3) is 0 Å². The van der Waals surface area contributed by atoms with E-state index in [2.05, 4.69) is 20.7 Å². The number of benzene rings is 1. The van der Waals surface area contributed by atoms with E-state index in [4.69, 9.17) is 23.1 Å². The van der Waals surface area contributed by atoms with Crippen LogP contribution < -0.4 is 22.1 Å². The third-order valence-electron chi connectivity index (χ3n) is 3.70. The molecule has 0 atom stereocenters. The predicted molar refractivity (Wildman–Crippen MR) is 93.2 cm³/mol. The summed E-state index contributed by atoms with van der Waals surface area (Å²) in [6.07, 6.45) is 3.94. The number of hydrogen-bond acceptors (Lipinski definition) is 6. The molecule has 118 valence electrons. The number of anilines is 5. The molecule has 2 heterocycles. The number of nitrogens with one attached hydrogen (secondary N) is 2. The fraction of sp³-hybridized carbons (Fsp3) is 0.200. The molecule has 0 amide bonds. The van der Waals surface area contributed by atoms with Crippen LogP contribution in [0.5, 0.6) is 0 Å². The molecule has 7 nitrogen and oxygen atoms in total. The van der Waals surface area contributed by atoms with E-state index in [1.54, 1.807) is 22.8 Å². The van der Waals surface area contributed by atoms with E-state index < -0.39 is 0 Å². The summed E-state index contributed by atoms with van der Waals surface area (Å²) in [4.78, 5) is 4.32. The van der Waals surface area contributed by atoms with Gasteiger partial charge in [0.2, 0.25) is 0 Å². The van der Waals surface area contributed by atoms with Gasteiger partial charge >= 0.3 is 0 Å². The molecule has 4 rings (SSSR count). The van der Waals surface area contributed by atoms with Gasteiger partial charge in [0.1, 0.15) is 5.82 Å². The molecular weight excluding hydrogens is 314 g/mol. The number of imidazole rings is 1. The van der Waals surface area contributed by atoms with Crippen LogP contribution in [0.15, 0.2) is 30.5 Å². The Hall–Kier alpha value is -2.67. The summed E-state index contributed by atoms with van der Waals surface area (Å²) in [5.74, 6) is 1.13. The van der Waals surface area contributed by atoms with Gasteiger partial charge in [-0.2, -0.15) is 4.52 Å². The Labute approximate surface area is 137 Å². The van der Waals surface area contributed by atoms with Gasteiger partial charge < -0.3 is 22.1 Å². The van der Waals surface area contributed by atoms with Crippen LogP contribution in [0.3, 0.4) is 0 Å². The molecule has 23 heavy (non-hydrogen) atoms. The monoisotopic (exact) mass is 329 g/mol. The fourth-order valence-electron chi connectivity index (χ4n) is 2.37. The van der Waals surface area contributed by atoms with Gasteiger partial charge in [-0.15, -0.1) is 5.10 Å². The maximum atomic E-state index is 5.95. The van der Waals surface area contributed by atoms with Crippen LogP contribution in [0.25, 0.3) is 5.65 Å². The SMILES string of the molecule is Nc1cc(Nc2cc(NC3CC3)c3ncc(N)n3n2)ccc1Cl. The molecule has 0 bridgehead atoms. The molecule has 6 N–H and O–H groups in total. The summed E-state index contributed by atoms with van der Waals surface area (Å²) in [6.45, 7) is 0. The van der Waals surface area contributed by atoms with Crippen molar-refractivity contribution in [2.24, 2.45) is 0 Å². The van der Waals surface area contributed by atoms with Crippen LogP contribution in [-0.2, 0) is 0 Å². The van der Waals surface area contributed by atoms with E-state index in [0.717, 1.165) is 17.0 Å². The third-order valence-corrected chi connectivity index (χ3v) is 4.04. The van der Waals surface area contributed by atoms with E-state index in [9.17, 15) is 0 Å². The quantitative estimate of drug-likeness (QED) is 0.548. The number of halogens is 1. The second kappa shape index (κ2) is 5.20. The first-order chi connectivity index (χ1) is 11.1. The molecule has 0 spiro atoms. The molecule has 3 aromatic rings. The normalized spacial score (nSPS) is 14.1. The number of nitrogens with two attached hydrogens (primary N) is 2. The van der Waals surface area contributed by atoms with Crippen molar-refractivity contribution in [3.63, 3.8) is 0 Å². The molecule has 0 radical (unpaired) electrons. The third kappa shape index (κ3) is 2.70. The number of nitrogen functional groups attached to an aromatic ring is 2. The Kier molecular flexibility index (Phi) is 3.16. The Morgan fingerprint density at radius 1 is 1.22 bits per heavy atom. The minimum absolute atomic E-state index is 0.484. The predicted octanol–water partition coefficient (Wildman–Crippen LogP) is 2.87. The Bertz CT molecular complexity index is 885. The van der Waals surface area contributed by atoms with E-state index >= 15 is 0 Å². The van der Waals surface area contributed by atoms with Gasteiger partial charge in [-0.25, -0.2) is 4.98 Å². The van der Waals surface area contributed by atoms with Crippen molar-refractivity contribution in [2.45, 2.75) is 18.9 Å². The largest absolute Gasteiger partial charge is 0.397 e. The number of hydrogen-bond donors (Lipinski definition) is 4. The Morgan fingerprint density at radius 2 is 2.04 bits per heavy atom. The molecule has 0 aliphatic heterocycles. The summed E-state index contributed by atoms with van der Waals surface area (Å²) in [6, 6.07) is 7.77. The number of fused-ring (bicyclic) bond motifs is 1. The average Bonchev–Trinajstić information content (AvgIpc) is 3.26. The second-order valence-electron chi connectivity index (χ2n) is 5.64. The summed E-state index contributed by atoms with van der Waals surface area (Å²) < 4.78 is 1.62. The molecule has 1 saturated carbocycles. The van der Waals surface area contributed by atoms with Crippen molar-refractivity contribution in [1.82, 2.24) is 14.6 Å². The van der Waals surface area contributed by atoms with Gasteiger partial charge in [0.15, 0.2) is 11.5 Å². The molecule has 0 unspecified atom stereocenters. The minimum Gasteiger partial charge on any atom is -0.397 e. The number of nitrogens with zero attached hydrogens (tertiary/aromatic N) is 3. The molecule has 1 aliphatic carbocycles. The zero-order valence-electron chi connectivity index (χ0n) is 12.3. The minimum atomic E-state index is 0.484. The van der Waals surface area contributed by atoms with Crippen LogP contribution in [0.2, 0.25) is 5.02 Å². The lowest BCUT2D eigenvalue weighted by Crippen LogP contribution is -2.08. The van der Waals surface area contributed by atoms with Crippen molar-refractivity contribution < 1.29 is 0 Å². The van der Waals surface area contributed by atoms with Gasteiger partial charge in [-0.05, 0) is 31.0 Å². The number of aromatic nitrogens is 3. The zero-order chi connectivity index (χ0) is 16.0. The topological polar surface area (TPSA) is 106 Å². The van der Waals surface area contributed by atoms with E-state index in [0.29, 0.717) is 28.4 Å². The highest BCUT2D eigenvalue weighted by Gasteiger charge is 2.23. The standard InChI is InChI=1S/C15H16ClN7/c16-10-4-3-9(5-11(10)17)21-14-6-12(20-8-1-2-8)15-19-7-13(18)23(15)22-14/h3-8,20H,1-2,17-18H2,(H,21,22).